The third-order valence-electron chi connectivity index (χ3n) is 4.27. The number of nitrogens with zero attached hydrogens (tertiary/aromatic N) is 1. The van der Waals surface area contributed by atoms with Gasteiger partial charge in [-0.15, -0.1) is 0 Å². The smallest absolute Gasteiger partial charge is 0.124 e. The third-order valence-corrected chi connectivity index (χ3v) is 4.27. The normalized spacial score (nSPS) is 21.8. The monoisotopic (exact) mass is 270 g/mol. The molecule has 2 unspecified atom stereocenters. The Morgan fingerprint density at radius 3 is 2.65 bits per heavy atom. The van der Waals surface area contributed by atoms with Gasteiger partial charge in [0.2, 0.25) is 0 Å². The van der Waals surface area contributed by atoms with E-state index in [-0.39, 0.29) is 12.1 Å². The average molecular weight is 270 g/mol. The molecule has 2 atom stereocenters. The maximum atomic E-state index is 6.37. The molecule has 0 aliphatic carbocycles. The van der Waals surface area contributed by atoms with E-state index in [1.54, 1.807) is 0 Å². The fourth-order valence-electron chi connectivity index (χ4n) is 3.27. The zero-order chi connectivity index (χ0) is 14.1. The lowest BCUT2D eigenvalue weighted by Crippen LogP contribution is -2.46. The van der Waals surface area contributed by atoms with E-state index in [9.17, 15) is 0 Å². The predicted molar refractivity (Wildman–Crippen MR) is 83.1 cm³/mol. The summed E-state index contributed by atoms with van der Waals surface area (Å²) in [5, 5.41) is 2.51. The van der Waals surface area contributed by atoms with Crippen molar-refractivity contribution in [1.82, 2.24) is 4.90 Å². The largest absolute Gasteiger partial charge is 0.492 e. The van der Waals surface area contributed by atoms with Gasteiger partial charge in [0.05, 0.1) is 12.1 Å². The Morgan fingerprint density at radius 1 is 1.15 bits per heavy atom. The number of benzene rings is 2. The Hall–Kier alpha value is -1.58. The number of rotatable bonds is 3. The van der Waals surface area contributed by atoms with Crippen molar-refractivity contribution < 1.29 is 4.74 Å². The standard InChI is InChI=1S/C17H22N2O/c1-3-19(4-2)17-14(18)11-20-15-10-9-12-7-5-6-8-13(12)16(15)17/h5-10,14,17H,3-4,11,18H2,1-2H3. The zero-order valence-corrected chi connectivity index (χ0v) is 12.2. The van der Waals surface area contributed by atoms with E-state index >= 15 is 0 Å². The molecule has 20 heavy (non-hydrogen) atoms. The van der Waals surface area contributed by atoms with Crippen molar-refractivity contribution in [3.05, 3.63) is 42.0 Å². The number of fused-ring (bicyclic) bond motifs is 3. The Balaban J connectivity index is 2.22. The van der Waals surface area contributed by atoms with Crippen LogP contribution in [0.2, 0.25) is 0 Å². The molecule has 0 fully saturated rings. The van der Waals surface area contributed by atoms with Crippen LogP contribution in [-0.2, 0) is 0 Å². The molecule has 3 rings (SSSR count). The molecule has 3 nitrogen and oxygen atoms in total. The summed E-state index contributed by atoms with van der Waals surface area (Å²) in [6.07, 6.45) is 0. The van der Waals surface area contributed by atoms with Crippen molar-refractivity contribution >= 4 is 10.8 Å². The molecule has 1 aliphatic heterocycles. The molecule has 0 spiro atoms. The van der Waals surface area contributed by atoms with E-state index < -0.39 is 0 Å². The second kappa shape index (κ2) is 5.43. The van der Waals surface area contributed by atoms with Crippen LogP contribution in [0.1, 0.15) is 25.5 Å². The highest BCUT2D eigenvalue weighted by Gasteiger charge is 2.33. The van der Waals surface area contributed by atoms with Crippen LogP contribution in [0, 0.1) is 0 Å². The van der Waals surface area contributed by atoms with Gasteiger partial charge in [-0.25, -0.2) is 0 Å². The fourth-order valence-corrected chi connectivity index (χ4v) is 3.27. The number of likely N-dealkylation sites (N-methyl/N-ethyl adjacent to an activating group) is 1. The van der Waals surface area contributed by atoms with Gasteiger partial charge >= 0.3 is 0 Å². The molecule has 2 aromatic rings. The summed E-state index contributed by atoms with van der Waals surface area (Å²) >= 11 is 0. The molecule has 0 saturated carbocycles. The molecule has 0 radical (unpaired) electrons. The summed E-state index contributed by atoms with van der Waals surface area (Å²) < 4.78 is 5.86. The third kappa shape index (κ3) is 2.07. The maximum Gasteiger partial charge on any atom is 0.124 e. The number of ether oxygens (including phenoxy) is 1. The van der Waals surface area contributed by atoms with Gasteiger partial charge in [-0.1, -0.05) is 44.2 Å². The van der Waals surface area contributed by atoms with E-state index in [0.29, 0.717) is 6.61 Å². The molecule has 1 aliphatic rings. The first-order chi connectivity index (χ1) is 9.76. The van der Waals surface area contributed by atoms with Crippen LogP contribution in [0.15, 0.2) is 36.4 Å². The van der Waals surface area contributed by atoms with Gasteiger partial charge in [0.25, 0.3) is 0 Å². The number of hydrogen-bond donors (Lipinski definition) is 1. The van der Waals surface area contributed by atoms with Gasteiger partial charge in [-0.05, 0) is 29.9 Å². The maximum absolute atomic E-state index is 6.37. The topological polar surface area (TPSA) is 38.5 Å². The zero-order valence-electron chi connectivity index (χ0n) is 12.2. The van der Waals surface area contributed by atoms with Crippen molar-refractivity contribution in [3.8, 4) is 5.75 Å². The molecular weight excluding hydrogens is 248 g/mol. The Morgan fingerprint density at radius 2 is 1.90 bits per heavy atom. The highest BCUT2D eigenvalue weighted by atomic mass is 16.5. The average Bonchev–Trinajstić information content (AvgIpc) is 2.50. The summed E-state index contributed by atoms with van der Waals surface area (Å²) in [5.74, 6) is 0.988. The lowest BCUT2D eigenvalue weighted by atomic mass is 9.90. The fraction of sp³-hybridized carbons (Fsp3) is 0.412. The number of nitrogens with two attached hydrogens (primary N) is 1. The van der Waals surface area contributed by atoms with Crippen molar-refractivity contribution in [2.45, 2.75) is 25.9 Å². The lowest BCUT2D eigenvalue weighted by Gasteiger charge is -2.39. The Bertz CT molecular complexity index is 607. The van der Waals surface area contributed by atoms with Gasteiger partial charge in [-0.2, -0.15) is 0 Å². The molecule has 2 N–H and O–H groups in total. The van der Waals surface area contributed by atoms with Crippen molar-refractivity contribution in [2.24, 2.45) is 5.73 Å². The summed E-state index contributed by atoms with van der Waals surface area (Å²) in [6.45, 7) is 6.97. The number of hydrogen-bond acceptors (Lipinski definition) is 3. The van der Waals surface area contributed by atoms with Crippen LogP contribution in [0.5, 0.6) is 5.75 Å². The van der Waals surface area contributed by atoms with E-state index in [4.69, 9.17) is 10.5 Å². The summed E-state index contributed by atoms with van der Waals surface area (Å²) in [5.41, 5.74) is 7.63. The van der Waals surface area contributed by atoms with E-state index in [2.05, 4.69) is 55.1 Å². The van der Waals surface area contributed by atoms with Crippen LogP contribution in [-0.4, -0.2) is 30.6 Å². The molecule has 3 heteroatoms. The molecule has 106 valence electrons. The quantitative estimate of drug-likeness (QED) is 0.932. The molecule has 0 aromatic heterocycles. The van der Waals surface area contributed by atoms with Crippen LogP contribution in [0.25, 0.3) is 10.8 Å². The van der Waals surface area contributed by atoms with Crippen LogP contribution in [0.3, 0.4) is 0 Å². The predicted octanol–water partition coefficient (Wildman–Crippen LogP) is 2.94. The van der Waals surface area contributed by atoms with E-state index in [0.717, 1.165) is 18.8 Å². The molecule has 2 aromatic carbocycles. The first-order valence-electron chi connectivity index (χ1n) is 7.40. The summed E-state index contributed by atoms with van der Waals surface area (Å²) in [7, 11) is 0. The van der Waals surface area contributed by atoms with Crippen LogP contribution >= 0.6 is 0 Å². The molecular formula is C17H22N2O. The summed E-state index contributed by atoms with van der Waals surface area (Å²) in [6, 6.07) is 13.0. The SMILES string of the molecule is CCN(CC)C1c2c(ccc3ccccc23)OCC1N. The van der Waals surface area contributed by atoms with Gasteiger partial charge in [0.1, 0.15) is 12.4 Å². The molecule has 0 saturated heterocycles. The Labute approximate surface area is 120 Å². The van der Waals surface area contributed by atoms with Gasteiger partial charge in [0, 0.05) is 5.56 Å². The minimum absolute atomic E-state index is 0.0215. The first kappa shape index (κ1) is 13.4. The van der Waals surface area contributed by atoms with E-state index in [1.165, 1.54) is 16.3 Å². The minimum Gasteiger partial charge on any atom is -0.492 e. The molecule has 0 amide bonds. The first-order valence-corrected chi connectivity index (χ1v) is 7.40. The van der Waals surface area contributed by atoms with Gasteiger partial charge < -0.3 is 10.5 Å². The second-order valence-corrected chi connectivity index (χ2v) is 5.34. The van der Waals surface area contributed by atoms with E-state index in [1.807, 2.05) is 0 Å². The van der Waals surface area contributed by atoms with Gasteiger partial charge in [0.15, 0.2) is 0 Å². The lowest BCUT2D eigenvalue weighted by molar-refractivity contribution is 0.130. The van der Waals surface area contributed by atoms with Crippen molar-refractivity contribution in [1.29, 1.82) is 0 Å². The van der Waals surface area contributed by atoms with Crippen molar-refractivity contribution in [2.75, 3.05) is 19.7 Å². The highest BCUT2D eigenvalue weighted by Crippen LogP contribution is 2.40. The highest BCUT2D eigenvalue weighted by molar-refractivity contribution is 5.88. The van der Waals surface area contributed by atoms with Crippen LogP contribution in [0.4, 0.5) is 0 Å². The molecule has 0 bridgehead atoms. The molecule has 1 heterocycles. The van der Waals surface area contributed by atoms with Crippen molar-refractivity contribution in [3.63, 3.8) is 0 Å². The minimum atomic E-state index is 0.0215. The summed E-state index contributed by atoms with van der Waals surface area (Å²) in [4.78, 5) is 2.43. The Kier molecular flexibility index (Phi) is 3.64. The van der Waals surface area contributed by atoms with Crippen LogP contribution < -0.4 is 10.5 Å². The second-order valence-electron chi connectivity index (χ2n) is 5.34. The van der Waals surface area contributed by atoms with Gasteiger partial charge in [-0.3, -0.25) is 4.90 Å².